The van der Waals surface area contributed by atoms with Crippen molar-refractivity contribution in [2.75, 3.05) is 30.9 Å². The Morgan fingerprint density at radius 1 is 1.14 bits per heavy atom. The normalized spacial score (nSPS) is 12.0. The first-order valence-corrected chi connectivity index (χ1v) is 6.61. The van der Waals surface area contributed by atoms with Gasteiger partial charge < -0.3 is 15.3 Å². The summed E-state index contributed by atoms with van der Waals surface area (Å²) in [6, 6.07) is 10.8. The van der Waals surface area contributed by atoms with Crippen LogP contribution in [0.25, 0.3) is 0 Å². The number of nitrogens with zero attached hydrogens (tertiary/aromatic N) is 1. The number of anilines is 2. The Labute approximate surface area is 122 Å². The number of hydrogen-bond acceptors (Lipinski definition) is 3. The Hall–Kier alpha value is -2.14. The van der Waals surface area contributed by atoms with E-state index < -0.39 is 17.7 Å². The zero-order chi connectivity index (χ0) is 15.4. The molecule has 3 nitrogen and oxygen atoms in total. The van der Waals surface area contributed by atoms with Gasteiger partial charge in [-0.3, -0.25) is 0 Å². The molecule has 2 rings (SSSR count). The van der Waals surface area contributed by atoms with Crippen molar-refractivity contribution < 1.29 is 13.9 Å². The van der Waals surface area contributed by atoms with Gasteiger partial charge in [0.05, 0.1) is 6.10 Å². The highest BCUT2D eigenvalue weighted by molar-refractivity contribution is 5.57. The van der Waals surface area contributed by atoms with Gasteiger partial charge in [-0.05, 0) is 24.3 Å². The fourth-order valence-electron chi connectivity index (χ4n) is 1.99. The van der Waals surface area contributed by atoms with Gasteiger partial charge in [0.25, 0.3) is 0 Å². The molecule has 0 aliphatic rings. The zero-order valence-corrected chi connectivity index (χ0v) is 12.0. The van der Waals surface area contributed by atoms with Crippen molar-refractivity contribution in [3.63, 3.8) is 0 Å². The van der Waals surface area contributed by atoms with Crippen molar-refractivity contribution in [2.24, 2.45) is 0 Å². The predicted octanol–water partition coefficient (Wildman–Crippen LogP) is 3.18. The quantitative estimate of drug-likeness (QED) is 0.888. The number of nitrogens with one attached hydrogen (secondary N) is 1. The lowest BCUT2D eigenvalue weighted by molar-refractivity contribution is 0.186. The molecule has 0 saturated carbocycles. The van der Waals surface area contributed by atoms with Crippen molar-refractivity contribution in [2.45, 2.75) is 6.10 Å². The molecule has 2 N–H and O–H groups in total. The Morgan fingerprint density at radius 2 is 1.90 bits per heavy atom. The summed E-state index contributed by atoms with van der Waals surface area (Å²) in [6.07, 6.45) is -1.05. The SMILES string of the molecule is CN(C)c1cccc(NCC(O)c2ccc(F)cc2F)c1. The molecule has 112 valence electrons. The molecule has 0 amide bonds. The van der Waals surface area contributed by atoms with E-state index in [4.69, 9.17) is 0 Å². The lowest BCUT2D eigenvalue weighted by Gasteiger charge is -2.16. The molecular weight excluding hydrogens is 274 g/mol. The van der Waals surface area contributed by atoms with Gasteiger partial charge in [-0.2, -0.15) is 0 Å². The summed E-state index contributed by atoms with van der Waals surface area (Å²) >= 11 is 0. The fraction of sp³-hybridized carbons (Fsp3) is 0.250. The summed E-state index contributed by atoms with van der Waals surface area (Å²) in [6.45, 7) is 0.138. The van der Waals surface area contributed by atoms with Crippen LogP contribution >= 0.6 is 0 Å². The fourth-order valence-corrected chi connectivity index (χ4v) is 1.99. The Morgan fingerprint density at radius 3 is 2.57 bits per heavy atom. The smallest absolute Gasteiger partial charge is 0.131 e. The third-order valence-electron chi connectivity index (χ3n) is 3.18. The Kier molecular flexibility index (Phi) is 4.75. The van der Waals surface area contributed by atoms with Crippen LogP contribution in [-0.4, -0.2) is 25.7 Å². The number of aliphatic hydroxyl groups is 1. The molecule has 1 unspecified atom stereocenters. The van der Waals surface area contributed by atoms with E-state index in [-0.39, 0.29) is 12.1 Å². The lowest BCUT2D eigenvalue weighted by atomic mass is 10.1. The molecule has 0 bridgehead atoms. The van der Waals surface area contributed by atoms with E-state index in [1.54, 1.807) is 0 Å². The van der Waals surface area contributed by atoms with Crippen LogP contribution in [0.3, 0.4) is 0 Å². The van der Waals surface area contributed by atoms with E-state index >= 15 is 0 Å². The van der Waals surface area contributed by atoms with Crippen LogP contribution in [0.4, 0.5) is 20.2 Å². The van der Waals surface area contributed by atoms with Crippen molar-refractivity contribution in [1.82, 2.24) is 0 Å². The van der Waals surface area contributed by atoms with Gasteiger partial charge in [0.2, 0.25) is 0 Å². The second-order valence-electron chi connectivity index (χ2n) is 5.01. The standard InChI is InChI=1S/C16H18F2N2O/c1-20(2)13-5-3-4-12(9-13)19-10-16(21)14-7-6-11(17)8-15(14)18/h3-9,16,19,21H,10H2,1-2H3. The van der Waals surface area contributed by atoms with E-state index in [9.17, 15) is 13.9 Å². The molecule has 0 heterocycles. The average molecular weight is 292 g/mol. The largest absolute Gasteiger partial charge is 0.386 e. The Bertz CT molecular complexity index is 617. The van der Waals surface area contributed by atoms with Crippen LogP contribution in [0.15, 0.2) is 42.5 Å². The molecule has 0 radical (unpaired) electrons. The molecule has 0 aliphatic carbocycles. The summed E-state index contributed by atoms with van der Waals surface area (Å²) < 4.78 is 26.4. The number of rotatable bonds is 5. The minimum atomic E-state index is -1.05. The molecule has 0 aromatic heterocycles. The molecule has 0 aliphatic heterocycles. The predicted molar refractivity (Wildman–Crippen MR) is 80.6 cm³/mol. The average Bonchev–Trinajstić information content (AvgIpc) is 2.45. The third kappa shape index (κ3) is 3.92. The number of aliphatic hydroxyl groups excluding tert-OH is 1. The van der Waals surface area contributed by atoms with Gasteiger partial charge in [0.15, 0.2) is 0 Å². The molecule has 2 aromatic rings. The van der Waals surface area contributed by atoms with E-state index in [1.807, 2.05) is 43.3 Å². The summed E-state index contributed by atoms with van der Waals surface area (Å²) in [4.78, 5) is 1.96. The van der Waals surface area contributed by atoms with Crippen LogP contribution < -0.4 is 10.2 Å². The van der Waals surface area contributed by atoms with Crippen LogP contribution in [0.5, 0.6) is 0 Å². The van der Waals surface area contributed by atoms with E-state index in [2.05, 4.69) is 5.32 Å². The second-order valence-corrected chi connectivity index (χ2v) is 5.01. The highest BCUT2D eigenvalue weighted by Crippen LogP contribution is 2.21. The molecule has 2 aromatic carbocycles. The molecule has 0 saturated heterocycles. The molecular formula is C16H18F2N2O. The van der Waals surface area contributed by atoms with Crippen LogP contribution in [0.2, 0.25) is 0 Å². The molecule has 1 atom stereocenters. The van der Waals surface area contributed by atoms with Crippen LogP contribution in [0, 0.1) is 11.6 Å². The number of halogens is 2. The van der Waals surface area contributed by atoms with E-state index in [1.165, 1.54) is 6.07 Å². The summed E-state index contributed by atoms with van der Waals surface area (Å²) in [5.41, 5.74) is 1.91. The maximum absolute atomic E-state index is 13.6. The first-order chi connectivity index (χ1) is 9.97. The summed E-state index contributed by atoms with van der Waals surface area (Å²) in [5, 5.41) is 13.0. The third-order valence-corrected chi connectivity index (χ3v) is 3.18. The zero-order valence-electron chi connectivity index (χ0n) is 12.0. The van der Waals surface area contributed by atoms with Crippen molar-refractivity contribution in [1.29, 1.82) is 0 Å². The minimum Gasteiger partial charge on any atom is -0.386 e. The summed E-state index contributed by atoms with van der Waals surface area (Å²) in [5.74, 6) is -1.40. The molecule has 0 spiro atoms. The second kappa shape index (κ2) is 6.54. The van der Waals surface area contributed by atoms with Gasteiger partial charge in [-0.1, -0.05) is 12.1 Å². The van der Waals surface area contributed by atoms with Crippen molar-refractivity contribution >= 4 is 11.4 Å². The topological polar surface area (TPSA) is 35.5 Å². The maximum atomic E-state index is 13.6. The highest BCUT2D eigenvalue weighted by Gasteiger charge is 2.13. The summed E-state index contributed by atoms with van der Waals surface area (Å²) in [7, 11) is 3.86. The first-order valence-electron chi connectivity index (χ1n) is 6.61. The van der Waals surface area contributed by atoms with Crippen LogP contribution in [-0.2, 0) is 0 Å². The van der Waals surface area contributed by atoms with E-state index in [0.717, 1.165) is 23.5 Å². The number of hydrogen-bond donors (Lipinski definition) is 2. The van der Waals surface area contributed by atoms with Gasteiger partial charge in [0.1, 0.15) is 11.6 Å². The minimum absolute atomic E-state index is 0.0765. The van der Waals surface area contributed by atoms with Crippen LogP contribution in [0.1, 0.15) is 11.7 Å². The molecule has 5 heteroatoms. The Balaban J connectivity index is 2.03. The number of benzene rings is 2. The van der Waals surface area contributed by atoms with Crippen molar-refractivity contribution in [3.05, 3.63) is 59.7 Å². The molecule has 0 fully saturated rings. The van der Waals surface area contributed by atoms with Gasteiger partial charge >= 0.3 is 0 Å². The lowest BCUT2D eigenvalue weighted by Crippen LogP contribution is -2.14. The van der Waals surface area contributed by atoms with Crippen molar-refractivity contribution in [3.8, 4) is 0 Å². The first kappa shape index (κ1) is 15.3. The van der Waals surface area contributed by atoms with Gasteiger partial charge in [0, 0.05) is 43.6 Å². The highest BCUT2D eigenvalue weighted by atomic mass is 19.1. The van der Waals surface area contributed by atoms with Gasteiger partial charge in [-0.15, -0.1) is 0 Å². The monoisotopic (exact) mass is 292 g/mol. The maximum Gasteiger partial charge on any atom is 0.131 e. The molecule has 21 heavy (non-hydrogen) atoms. The van der Waals surface area contributed by atoms with E-state index in [0.29, 0.717) is 0 Å². The van der Waals surface area contributed by atoms with Gasteiger partial charge in [-0.25, -0.2) is 8.78 Å².